The summed E-state index contributed by atoms with van der Waals surface area (Å²) in [4.78, 5) is 11.9. The molecule has 0 aromatic heterocycles. The summed E-state index contributed by atoms with van der Waals surface area (Å²) in [6.45, 7) is 3.36. The molecule has 0 aliphatic heterocycles. The number of anilines is 1. The van der Waals surface area contributed by atoms with E-state index in [-0.39, 0.29) is 5.91 Å². The van der Waals surface area contributed by atoms with Crippen molar-refractivity contribution in [2.45, 2.75) is 45.4 Å². The van der Waals surface area contributed by atoms with Crippen molar-refractivity contribution in [3.05, 3.63) is 41.5 Å². The van der Waals surface area contributed by atoms with Crippen molar-refractivity contribution < 1.29 is 4.79 Å². The van der Waals surface area contributed by atoms with Gasteiger partial charge in [0.25, 0.3) is 0 Å². The van der Waals surface area contributed by atoms with Crippen molar-refractivity contribution in [1.82, 2.24) is 5.32 Å². The lowest BCUT2D eigenvalue weighted by Crippen LogP contribution is -2.29. The van der Waals surface area contributed by atoms with Gasteiger partial charge in [0.05, 0.1) is 6.54 Å². The van der Waals surface area contributed by atoms with Crippen LogP contribution in [0.25, 0.3) is 0 Å². The minimum absolute atomic E-state index is 0.0357. The summed E-state index contributed by atoms with van der Waals surface area (Å²) in [5.74, 6) is 0.0357. The second kappa shape index (κ2) is 8.63. The Morgan fingerprint density at radius 2 is 2.10 bits per heavy atom. The third-order valence-corrected chi connectivity index (χ3v) is 3.97. The van der Waals surface area contributed by atoms with Gasteiger partial charge in [-0.3, -0.25) is 4.79 Å². The number of rotatable bonds is 7. The molecule has 0 radical (unpaired) electrons. The monoisotopic (exact) mass is 286 g/mol. The van der Waals surface area contributed by atoms with E-state index < -0.39 is 0 Å². The molecule has 0 saturated carbocycles. The predicted molar refractivity (Wildman–Crippen MR) is 88.5 cm³/mol. The smallest absolute Gasteiger partial charge is 0.238 e. The highest BCUT2D eigenvalue weighted by Gasteiger charge is 2.06. The molecule has 0 fully saturated rings. The van der Waals surface area contributed by atoms with Gasteiger partial charge in [-0.05, 0) is 56.7 Å². The van der Waals surface area contributed by atoms with Crippen LogP contribution in [0.1, 0.15) is 44.6 Å². The quantitative estimate of drug-likeness (QED) is 0.593. The van der Waals surface area contributed by atoms with Crippen LogP contribution in [-0.2, 0) is 11.2 Å². The molecule has 0 saturated heterocycles. The van der Waals surface area contributed by atoms with Crippen molar-refractivity contribution >= 4 is 11.6 Å². The third kappa shape index (κ3) is 5.35. The number of allylic oxidation sites excluding steroid dienone is 1. The maximum Gasteiger partial charge on any atom is 0.238 e. The molecule has 3 heteroatoms. The van der Waals surface area contributed by atoms with Crippen molar-refractivity contribution in [3.63, 3.8) is 0 Å². The van der Waals surface area contributed by atoms with Crippen molar-refractivity contribution in [2.24, 2.45) is 0 Å². The minimum Gasteiger partial charge on any atom is -0.325 e. The fourth-order valence-corrected chi connectivity index (χ4v) is 2.73. The van der Waals surface area contributed by atoms with E-state index in [0.717, 1.165) is 25.1 Å². The summed E-state index contributed by atoms with van der Waals surface area (Å²) in [6, 6.07) is 7.98. The summed E-state index contributed by atoms with van der Waals surface area (Å²) >= 11 is 0. The average Bonchev–Trinajstić information content (AvgIpc) is 2.53. The average molecular weight is 286 g/mol. The molecule has 0 unspecified atom stereocenters. The number of hydrogen-bond donors (Lipinski definition) is 2. The Balaban J connectivity index is 1.68. The van der Waals surface area contributed by atoms with Crippen molar-refractivity contribution in [1.29, 1.82) is 0 Å². The lowest BCUT2D eigenvalue weighted by Gasteiger charge is -2.13. The molecule has 0 heterocycles. The Kier molecular flexibility index (Phi) is 6.48. The van der Waals surface area contributed by atoms with Crippen LogP contribution in [0, 0.1) is 0 Å². The van der Waals surface area contributed by atoms with Gasteiger partial charge in [0.15, 0.2) is 0 Å². The van der Waals surface area contributed by atoms with Gasteiger partial charge in [-0.15, -0.1) is 0 Å². The highest BCUT2D eigenvalue weighted by molar-refractivity contribution is 5.92. The van der Waals surface area contributed by atoms with Crippen LogP contribution in [0.3, 0.4) is 0 Å². The molecule has 1 aromatic rings. The molecular formula is C18H26N2O. The van der Waals surface area contributed by atoms with Gasteiger partial charge in [-0.1, -0.05) is 36.8 Å². The zero-order valence-corrected chi connectivity index (χ0v) is 13.0. The van der Waals surface area contributed by atoms with Crippen LogP contribution < -0.4 is 10.6 Å². The number of aryl methyl sites for hydroxylation is 1. The lowest BCUT2D eigenvalue weighted by atomic mass is 9.97. The Morgan fingerprint density at radius 1 is 1.24 bits per heavy atom. The van der Waals surface area contributed by atoms with Crippen LogP contribution in [0.2, 0.25) is 0 Å². The summed E-state index contributed by atoms with van der Waals surface area (Å²) in [6.07, 6.45) is 9.47. The molecule has 0 spiro atoms. The Bertz CT molecular complexity index is 494. The van der Waals surface area contributed by atoms with Gasteiger partial charge >= 0.3 is 0 Å². The number of hydrogen-bond acceptors (Lipinski definition) is 2. The number of nitrogens with one attached hydrogen (secondary N) is 2. The summed E-state index contributed by atoms with van der Waals surface area (Å²) < 4.78 is 0. The molecule has 0 bridgehead atoms. The van der Waals surface area contributed by atoms with Crippen LogP contribution in [0.4, 0.5) is 5.69 Å². The molecule has 1 amide bonds. The number of benzene rings is 1. The number of amides is 1. The molecule has 1 aliphatic rings. The molecular weight excluding hydrogens is 260 g/mol. The second-order valence-electron chi connectivity index (χ2n) is 5.59. The molecule has 2 N–H and O–H groups in total. The van der Waals surface area contributed by atoms with E-state index in [4.69, 9.17) is 0 Å². The van der Waals surface area contributed by atoms with Crippen LogP contribution >= 0.6 is 0 Å². The number of carbonyl (C=O) groups excluding carboxylic acids is 1. The van der Waals surface area contributed by atoms with E-state index in [1.807, 2.05) is 18.2 Å². The highest BCUT2D eigenvalue weighted by Crippen LogP contribution is 2.19. The van der Waals surface area contributed by atoms with Gasteiger partial charge in [-0.25, -0.2) is 0 Å². The third-order valence-electron chi connectivity index (χ3n) is 3.97. The molecule has 1 aromatic carbocycles. The first-order valence-corrected chi connectivity index (χ1v) is 8.06. The lowest BCUT2D eigenvalue weighted by molar-refractivity contribution is -0.115. The van der Waals surface area contributed by atoms with Gasteiger partial charge < -0.3 is 10.6 Å². The number of para-hydroxylation sites is 1. The molecule has 3 nitrogen and oxygen atoms in total. The maximum absolute atomic E-state index is 11.9. The predicted octanol–water partition coefficient (Wildman–Crippen LogP) is 3.67. The normalized spacial score (nSPS) is 14.6. The minimum atomic E-state index is 0.0357. The van der Waals surface area contributed by atoms with E-state index in [1.54, 1.807) is 5.57 Å². The Hall–Kier alpha value is -1.61. The molecule has 21 heavy (non-hydrogen) atoms. The zero-order chi connectivity index (χ0) is 14.9. The van der Waals surface area contributed by atoms with E-state index in [2.05, 4.69) is 29.7 Å². The molecule has 114 valence electrons. The first kappa shape index (κ1) is 15.8. The Morgan fingerprint density at radius 3 is 2.86 bits per heavy atom. The molecule has 1 aliphatic carbocycles. The number of carbonyl (C=O) groups is 1. The van der Waals surface area contributed by atoms with Crippen molar-refractivity contribution in [3.8, 4) is 0 Å². The van der Waals surface area contributed by atoms with E-state index >= 15 is 0 Å². The SMILES string of the molecule is CCc1ccccc1NC(=O)CNCCC1=CCCCC1. The Labute approximate surface area is 127 Å². The van der Waals surface area contributed by atoms with Gasteiger partial charge in [0, 0.05) is 5.69 Å². The fraction of sp³-hybridized carbons (Fsp3) is 0.500. The maximum atomic E-state index is 11.9. The van der Waals surface area contributed by atoms with Gasteiger partial charge in [-0.2, -0.15) is 0 Å². The molecule has 0 atom stereocenters. The van der Waals surface area contributed by atoms with E-state index in [9.17, 15) is 4.79 Å². The molecule has 2 rings (SSSR count). The summed E-state index contributed by atoms with van der Waals surface area (Å²) in [5.41, 5.74) is 3.66. The first-order chi connectivity index (χ1) is 10.3. The van der Waals surface area contributed by atoms with E-state index in [0.29, 0.717) is 6.54 Å². The second-order valence-corrected chi connectivity index (χ2v) is 5.59. The first-order valence-electron chi connectivity index (χ1n) is 8.06. The summed E-state index contributed by atoms with van der Waals surface area (Å²) in [5, 5.41) is 6.22. The van der Waals surface area contributed by atoms with Crippen molar-refractivity contribution in [2.75, 3.05) is 18.4 Å². The van der Waals surface area contributed by atoms with Crippen LogP contribution in [0.15, 0.2) is 35.9 Å². The largest absolute Gasteiger partial charge is 0.325 e. The van der Waals surface area contributed by atoms with Gasteiger partial charge in [0.2, 0.25) is 5.91 Å². The van der Waals surface area contributed by atoms with Crippen LogP contribution in [0.5, 0.6) is 0 Å². The van der Waals surface area contributed by atoms with Gasteiger partial charge in [0.1, 0.15) is 0 Å². The fourth-order valence-electron chi connectivity index (χ4n) is 2.73. The standard InChI is InChI=1S/C18H26N2O/c1-2-16-10-6-7-11-17(16)20-18(21)14-19-13-12-15-8-4-3-5-9-15/h6-8,10-11,19H,2-5,9,12-14H2,1H3,(H,20,21). The van der Waals surface area contributed by atoms with Crippen LogP contribution in [-0.4, -0.2) is 19.0 Å². The summed E-state index contributed by atoms with van der Waals surface area (Å²) in [7, 11) is 0. The zero-order valence-electron chi connectivity index (χ0n) is 13.0. The van der Waals surface area contributed by atoms with E-state index in [1.165, 1.54) is 31.2 Å². The topological polar surface area (TPSA) is 41.1 Å². The highest BCUT2D eigenvalue weighted by atomic mass is 16.1.